The second-order valence-electron chi connectivity index (χ2n) is 6.94. The summed E-state index contributed by atoms with van der Waals surface area (Å²) in [6, 6.07) is 12.5. The van der Waals surface area contributed by atoms with Gasteiger partial charge in [0, 0.05) is 17.3 Å². The van der Waals surface area contributed by atoms with Gasteiger partial charge in [-0.2, -0.15) is 22.8 Å². The third-order valence-corrected chi connectivity index (χ3v) is 5.43. The molecule has 0 saturated heterocycles. The number of anilines is 1. The van der Waals surface area contributed by atoms with E-state index in [0.29, 0.717) is 15.7 Å². The number of alkyl halides is 3. The summed E-state index contributed by atoms with van der Waals surface area (Å²) < 4.78 is 39.6. The maximum absolute atomic E-state index is 12.8. The topological polar surface area (TPSA) is 88.4 Å². The molecule has 7 nitrogen and oxygen atoms in total. The molecule has 2 aromatic heterocycles. The summed E-state index contributed by atoms with van der Waals surface area (Å²) in [5.74, 6) is 0. The Kier molecular flexibility index (Phi) is 5.66. The van der Waals surface area contributed by atoms with Crippen LogP contribution in [0.15, 0.2) is 59.4 Å². The first-order valence-electron chi connectivity index (χ1n) is 9.38. The zero-order valence-corrected chi connectivity index (χ0v) is 17.4. The maximum Gasteiger partial charge on any atom is 0.416 e. The Morgan fingerprint density at radius 1 is 1.12 bits per heavy atom. The SMILES string of the molecule is Cc1ccc(-c2nn3c(=O)cc(CNC(=O)Nc4cccc(C(F)(F)F)c4)nc3s2)cc1. The lowest BCUT2D eigenvalue weighted by atomic mass is 10.2. The molecular formula is C21H16F3N5O2S. The zero-order chi connectivity index (χ0) is 22.9. The summed E-state index contributed by atoms with van der Waals surface area (Å²) >= 11 is 1.23. The molecule has 0 aliphatic heterocycles. The van der Waals surface area contributed by atoms with Gasteiger partial charge in [0.15, 0.2) is 0 Å². The van der Waals surface area contributed by atoms with E-state index >= 15 is 0 Å². The van der Waals surface area contributed by atoms with Crippen LogP contribution in [0.1, 0.15) is 16.8 Å². The molecule has 0 fully saturated rings. The number of fused-ring (bicyclic) bond motifs is 1. The van der Waals surface area contributed by atoms with Crippen molar-refractivity contribution in [3.8, 4) is 10.6 Å². The highest BCUT2D eigenvalue weighted by molar-refractivity contribution is 7.19. The minimum Gasteiger partial charge on any atom is -0.332 e. The Morgan fingerprint density at radius 2 is 1.88 bits per heavy atom. The number of benzene rings is 2. The van der Waals surface area contributed by atoms with Crippen molar-refractivity contribution in [3.63, 3.8) is 0 Å². The fourth-order valence-corrected chi connectivity index (χ4v) is 3.81. The molecule has 0 aliphatic rings. The maximum atomic E-state index is 12.8. The molecule has 2 aromatic carbocycles. The van der Waals surface area contributed by atoms with Crippen molar-refractivity contribution in [2.45, 2.75) is 19.6 Å². The molecule has 2 amide bonds. The molecule has 0 saturated carbocycles. The number of aryl methyl sites for hydroxylation is 1. The molecule has 32 heavy (non-hydrogen) atoms. The zero-order valence-electron chi connectivity index (χ0n) is 16.6. The standard InChI is InChI=1S/C21H16F3N5O2S/c1-12-5-7-13(8-6-12)18-28-29-17(30)10-16(27-20(29)32-18)11-25-19(31)26-15-4-2-3-14(9-15)21(22,23)24/h2-10H,11H2,1H3,(H2,25,26,31). The minimum atomic E-state index is -4.51. The van der Waals surface area contributed by atoms with Crippen LogP contribution in [0, 0.1) is 6.92 Å². The van der Waals surface area contributed by atoms with E-state index in [9.17, 15) is 22.8 Å². The number of aromatic nitrogens is 3. The van der Waals surface area contributed by atoms with E-state index in [0.717, 1.165) is 23.3 Å². The first-order valence-corrected chi connectivity index (χ1v) is 10.2. The number of hydrogen-bond acceptors (Lipinski definition) is 5. The first-order chi connectivity index (χ1) is 15.2. The van der Waals surface area contributed by atoms with Gasteiger partial charge in [0.1, 0.15) is 5.01 Å². The van der Waals surface area contributed by atoms with Gasteiger partial charge >= 0.3 is 12.2 Å². The highest BCUT2D eigenvalue weighted by atomic mass is 32.1. The largest absolute Gasteiger partial charge is 0.416 e. The average Bonchev–Trinajstić information content (AvgIpc) is 3.17. The van der Waals surface area contributed by atoms with Crippen LogP contribution in [-0.2, 0) is 12.7 Å². The Hall–Kier alpha value is -3.73. The van der Waals surface area contributed by atoms with Crippen molar-refractivity contribution in [1.82, 2.24) is 19.9 Å². The van der Waals surface area contributed by atoms with E-state index in [1.165, 1.54) is 34.1 Å². The summed E-state index contributed by atoms with van der Waals surface area (Å²) in [6.07, 6.45) is -4.51. The Bertz CT molecular complexity index is 1350. The molecule has 0 atom stereocenters. The molecule has 0 spiro atoms. The van der Waals surface area contributed by atoms with Crippen LogP contribution in [0.5, 0.6) is 0 Å². The van der Waals surface area contributed by atoms with Crippen molar-refractivity contribution in [3.05, 3.63) is 81.8 Å². The van der Waals surface area contributed by atoms with E-state index in [-0.39, 0.29) is 12.2 Å². The van der Waals surface area contributed by atoms with Crippen LogP contribution in [0.4, 0.5) is 23.7 Å². The second-order valence-corrected chi connectivity index (χ2v) is 7.90. The second kappa shape index (κ2) is 8.42. The van der Waals surface area contributed by atoms with Crippen LogP contribution in [0.2, 0.25) is 0 Å². The molecule has 164 valence electrons. The molecule has 2 heterocycles. The van der Waals surface area contributed by atoms with Crippen LogP contribution < -0.4 is 16.2 Å². The summed E-state index contributed by atoms with van der Waals surface area (Å²) in [4.78, 5) is 29.2. The third kappa shape index (κ3) is 4.78. The van der Waals surface area contributed by atoms with Gasteiger partial charge in [-0.15, -0.1) is 0 Å². The predicted molar refractivity (Wildman–Crippen MR) is 115 cm³/mol. The molecule has 0 radical (unpaired) electrons. The van der Waals surface area contributed by atoms with Gasteiger partial charge in [0.05, 0.1) is 17.8 Å². The molecule has 2 N–H and O–H groups in total. The van der Waals surface area contributed by atoms with Gasteiger partial charge < -0.3 is 10.6 Å². The van der Waals surface area contributed by atoms with Gasteiger partial charge in [0.2, 0.25) is 4.96 Å². The van der Waals surface area contributed by atoms with Gasteiger partial charge in [0.25, 0.3) is 5.56 Å². The number of hydrogen-bond donors (Lipinski definition) is 2. The van der Waals surface area contributed by atoms with Crippen molar-refractivity contribution in [2.24, 2.45) is 0 Å². The summed E-state index contributed by atoms with van der Waals surface area (Å²) in [7, 11) is 0. The van der Waals surface area contributed by atoms with Crippen molar-refractivity contribution < 1.29 is 18.0 Å². The molecule has 0 unspecified atom stereocenters. The van der Waals surface area contributed by atoms with Crippen LogP contribution >= 0.6 is 11.3 Å². The first kappa shape index (κ1) is 21.5. The summed E-state index contributed by atoms with van der Waals surface area (Å²) in [5.41, 5.74) is 0.969. The highest BCUT2D eigenvalue weighted by Gasteiger charge is 2.30. The number of nitrogens with one attached hydrogen (secondary N) is 2. The van der Waals surface area contributed by atoms with Crippen molar-refractivity contribution in [2.75, 3.05) is 5.32 Å². The fraction of sp³-hybridized carbons (Fsp3) is 0.143. The van der Waals surface area contributed by atoms with Crippen LogP contribution in [0.3, 0.4) is 0 Å². The lowest BCUT2D eigenvalue weighted by Crippen LogP contribution is -2.29. The van der Waals surface area contributed by atoms with E-state index < -0.39 is 23.3 Å². The molecule has 11 heteroatoms. The molecule has 4 rings (SSSR count). The van der Waals surface area contributed by atoms with Gasteiger partial charge in [-0.25, -0.2) is 9.78 Å². The minimum absolute atomic E-state index is 0.00833. The van der Waals surface area contributed by atoms with Gasteiger partial charge in [-0.1, -0.05) is 47.2 Å². The molecule has 0 bridgehead atoms. The lowest BCUT2D eigenvalue weighted by molar-refractivity contribution is -0.137. The number of amides is 2. The highest BCUT2D eigenvalue weighted by Crippen LogP contribution is 2.30. The lowest BCUT2D eigenvalue weighted by Gasteiger charge is -2.10. The predicted octanol–water partition coefficient (Wildman–Crippen LogP) is 4.47. The third-order valence-electron chi connectivity index (χ3n) is 4.47. The fourth-order valence-electron chi connectivity index (χ4n) is 2.88. The van der Waals surface area contributed by atoms with Gasteiger partial charge in [-0.05, 0) is 25.1 Å². The molecule has 4 aromatic rings. The van der Waals surface area contributed by atoms with E-state index in [1.807, 2.05) is 31.2 Å². The van der Waals surface area contributed by atoms with Crippen LogP contribution in [0.25, 0.3) is 15.5 Å². The monoisotopic (exact) mass is 459 g/mol. The average molecular weight is 459 g/mol. The van der Waals surface area contributed by atoms with E-state index in [2.05, 4.69) is 20.7 Å². The Labute approximate surface area is 183 Å². The molecule has 0 aliphatic carbocycles. The van der Waals surface area contributed by atoms with Crippen LogP contribution in [-0.4, -0.2) is 20.6 Å². The quantitative estimate of drug-likeness (QED) is 0.472. The number of carbonyl (C=O) groups is 1. The van der Waals surface area contributed by atoms with Crippen molar-refractivity contribution >= 4 is 28.0 Å². The number of urea groups is 1. The summed E-state index contributed by atoms with van der Waals surface area (Å²) in [6.45, 7) is 1.88. The smallest absolute Gasteiger partial charge is 0.332 e. The van der Waals surface area contributed by atoms with E-state index in [1.54, 1.807) is 0 Å². The number of rotatable bonds is 4. The number of nitrogens with zero attached hydrogens (tertiary/aromatic N) is 3. The van der Waals surface area contributed by atoms with Crippen molar-refractivity contribution in [1.29, 1.82) is 0 Å². The van der Waals surface area contributed by atoms with Gasteiger partial charge in [-0.3, -0.25) is 4.79 Å². The normalized spacial score (nSPS) is 11.5. The Balaban J connectivity index is 1.47. The van der Waals surface area contributed by atoms with E-state index in [4.69, 9.17) is 0 Å². The number of carbonyl (C=O) groups excluding carboxylic acids is 1. The number of halogens is 3. The Morgan fingerprint density at radius 3 is 2.59 bits per heavy atom. The molecular weight excluding hydrogens is 443 g/mol. The summed E-state index contributed by atoms with van der Waals surface area (Å²) in [5, 5.41) is 9.75.